The third-order valence-corrected chi connectivity index (χ3v) is 5.64. The van der Waals surface area contributed by atoms with E-state index in [2.05, 4.69) is 15.5 Å². The Balaban J connectivity index is 1.53. The van der Waals surface area contributed by atoms with Crippen molar-refractivity contribution in [2.45, 2.75) is 24.1 Å². The minimum absolute atomic E-state index is 0.137. The van der Waals surface area contributed by atoms with Crippen LogP contribution in [0, 0.1) is 6.92 Å². The van der Waals surface area contributed by atoms with Crippen LogP contribution in [0.1, 0.15) is 28.8 Å². The second-order valence-corrected chi connectivity index (χ2v) is 7.77. The summed E-state index contributed by atoms with van der Waals surface area (Å²) in [5.74, 6) is 0.290. The summed E-state index contributed by atoms with van der Waals surface area (Å²) in [5.41, 5.74) is 1.61. The predicted octanol–water partition coefficient (Wildman–Crippen LogP) is 2.81. The maximum atomic E-state index is 12.2. The summed E-state index contributed by atoms with van der Waals surface area (Å²) in [6.45, 7) is 3.65. The number of carbonyl (C=O) groups excluding carboxylic acids is 2. The number of carbonyl (C=O) groups is 2. The number of nitrogens with zero attached hydrogens (tertiary/aromatic N) is 3. The summed E-state index contributed by atoms with van der Waals surface area (Å²) in [7, 11) is 0. The molecule has 1 aliphatic heterocycles. The molecule has 2 heterocycles. The highest BCUT2D eigenvalue weighted by molar-refractivity contribution is 8.01. The van der Waals surface area contributed by atoms with E-state index in [0.717, 1.165) is 31.5 Å². The van der Waals surface area contributed by atoms with E-state index < -0.39 is 0 Å². The fourth-order valence-corrected chi connectivity index (χ4v) is 4.11. The number of aryl methyl sites for hydroxylation is 1. The molecule has 8 heteroatoms. The average molecular weight is 362 g/mol. The molecule has 126 valence electrons. The highest BCUT2D eigenvalue weighted by atomic mass is 32.2. The van der Waals surface area contributed by atoms with E-state index >= 15 is 0 Å². The molecular formula is C16H18N4O2S2. The van der Waals surface area contributed by atoms with Crippen molar-refractivity contribution in [3.8, 4) is 0 Å². The zero-order chi connectivity index (χ0) is 16.9. The molecule has 3 rings (SSSR count). The lowest BCUT2D eigenvalue weighted by atomic mass is 10.1. The van der Waals surface area contributed by atoms with Crippen LogP contribution in [0.5, 0.6) is 0 Å². The first-order chi connectivity index (χ1) is 11.6. The Morgan fingerprint density at radius 1 is 1.29 bits per heavy atom. The molecule has 6 nitrogen and oxygen atoms in total. The van der Waals surface area contributed by atoms with Crippen molar-refractivity contribution in [3.05, 3.63) is 35.4 Å². The zero-order valence-electron chi connectivity index (χ0n) is 13.3. The van der Waals surface area contributed by atoms with Gasteiger partial charge in [-0.15, -0.1) is 10.2 Å². The van der Waals surface area contributed by atoms with Gasteiger partial charge in [-0.2, -0.15) is 0 Å². The summed E-state index contributed by atoms with van der Waals surface area (Å²) >= 11 is 2.65. The lowest BCUT2D eigenvalue weighted by Crippen LogP contribution is -2.29. The third-order valence-electron chi connectivity index (χ3n) is 3.69. The van der Waals surface area contributed by atoms with Crippen LogP contribution in [0.3, 0.4) is 0 Å². The molecule has 0 radical (unpaired) electrons. The Hall–Kier alpha value is -1.93. The van der Waals surface area contributed by atoms with Crippen molar-refractivity contribution in [2.24, 2.45) is 0 Å². The fraction of sp³-hybridized carbons (Fsp3) is 0.375. The predicted molar refractivity (Wildman–Crippen MR) is 95.6 cm³/mol. The molecule has 2 amide bonds. The largest absolute Gasteiger partial charge is 0.342 e. The van der Waals surface area contributed by atoms with E-state index in [1.54, 1.807) is 6.07 Å². The van der Waals surface area contributed by atoms with Gasteiger partial charge in [-0.3, -0.25) is 14.9 Å². The smallest absolute Gasteiger partial charge is 0.257 e. The zero-order valence-corrected chi connectivity index (χ0v) is 15.0. The van der Waals surface area contributed by atoms with Gasteiger partial charge in [0.25, 0.3) is 5.91 Å². The molecule has 0 unspecified atom stereocenters. The van der Waals surface area contributed by atoms with Crippen molar-refractivity contribution in [2.75, 3.05) is 24.2 Å². The standard InChI is InChI=1S/C16H18N4O2S2/c1-11-5-4-6-12(9-11)14(22)17-15-18-19-16(24-15)23-10-13(21)20-7-2-3-8-20/h4-6,9H,2-3,7-8,10H2,1H3,(H,17,18,22). The molecule has 0 saturated carbocycles. The van der Waals surface area contributed by atoms with E-state index in [0.29, 0.717) is 20.8 Å². The van der Waals surface area contributed by atoms with Crippen molar-refractivity contribution in [1.82, 2.24) is 15.1 Å². The number of rotatable bonds is 5. The molecule has 0 bridgehead atoms. The van der Waals surface area contributed by atoms with Gasteiger partial charge in [0, 0.05) is 18.7 Å². The number of anilines is 1. The Bertz CT molecular complexity index is 741. The molecule has 0 aliphatic carbocycles. The summed E-state index contributed by atoms with van der Waals surface area (Å²) in [6.07, 6.45) is 2.18. The van der Waals surface area contributed by atoms with Crippen LogP contribution in [0.2, 0.25) is 0 Å². The van der Waals surface area contributed by atoms with Gasteiger partial charge in [0.2, 0.25) is 11.0 Å². The Kier molecular flexibility index (Phi) is 5.47. The quantitative estimate of drug-likeness (QED) is 0.654. The van der Waals surface area contributed by atoms with Gasteiger partial charge in [0.05, 0.1) is 5.75 Å². The van der Waals surface area contributed by atoms with Gasteiger partial charge < -0.3 is 4.90 Å². The molecule has 2 aromatic rings. The number of hydrogen-bond acceptors (Lipinski definition) is 6. The summed E-state index contributed by atoms with van der Waals surface area (Å²) in [4.78, 5) is 26.1. The van der Waals surface area contributed by atoms with Crippen molar-refractivity contribution in [1.29, 1.82) is 0 Å². The molecule has 24 heavy (non-hydrogen) atoms. The van der Waals surface area contributed by atoms with Crippen LogP contribution >= 0.6 is 23.1 Å². The maximum Gasteiger partial charge on any atom is 0.257 e. The lowest BCUT2D eigenvalue weighted by molar-refractivity contribution is -0.127. The average Bonchev–Trinajstić information content (AvgIpc) is 3.24. The first-order valence-corrected chi connectivity index (χ1v) is 9.54. The number of aromatic nitrogens is 2. The first kappa shape index (κ1) is 16.9. The van der Waals surface area contributed by atoms with Crippen LogP contribution < -0.4 is 5.32 Å². The first-order valence-electron chi connectivity index (χ1n) is 7.74. The maximum absolute atomic E-state index is 12.2. The second-order valence-electron chi connectivity index (χ2n) is 5.57. The summed E-state index contributed by atoms with van der Waals surface area (Å²) < 4.78 is 0.682. The van der Waals surface area contributed by atoms with Gasteiger partial charge in [0.15, 0.2) is 4.34 Å². The number of amides is 2. The van der Waals surface area contributed by atoms with Crippen LogP contribution in [0.15, 0.2) is 28.6 Å². The van der Waals surface area contributed by atoms with Crippen molar-refractivity contribution < 1.29 is 9.59 Å². The Morgan fingerprint density at radius 2 is 2.08 bits per heavy atom. The van der Waals surface area contributed by atoms with Gasteiger partial charge in [-0.25, -0.2) is 0 Å². The highest BCUT2D eigenvalue weighted by Gasteiger charge is 2.18. The normalized spacial score (nSPS) is 14.0. The lowest BCUT2D eigenvalue weighted by Gasteiger charge is -2.13. The summed E-state index contributed by atoms with van der Waals surface area (Å²) in [6, 6.07) is 7.36. The topological polar surface area (TPSA) is 75.2 Å². The molecule has 1 aliphatic rings. The third kappa shape index (κ3) is 4.33. The molecule has 1 aromatic carbocycles. The van der Waals surface area contributed by atoms with Gasteiger partial charge in [-0.1, -0.05) is 40.8 Å². The Labute approximate surface area is 148 Å². The molecule has 1 aromatic heterocycles. The second kappa shape index (κ2) is 7.76. The molecule has 1 fully saturated rings. The molecule has 0 spiro atoms. The SMILES string of the molecule is Cc1cccc(C(=O)Nc2nnc(SCC(=O)N3CCCC3)s2)c1. The number of nitrogens with one attached hydrogen (secondary N) is 1. The van der Waals surface area contributed by atoms with Crippen LogP contribution in [-0.2, 0) is 4.79 Å². The van der Waals surface area contributed by atoms with E-state index in [1.807, 2.05) is 30.0 Å². The fourth-order valence-electron chi connectivity index (χ4n) is 2.46. The minimum Gasteiger partial charge on any atom is -0.342 e. The van der Waals surface area contributed by atoms with Gasteiger partial charge >= 0.3 is 0 Å². The minimum atomic E-state index is -0.209. The molecule has 0 atom stereocenters. The summed E-state index contributed by atoms with van der Waals surface area (Å²) in [5, 5.41) is 11.2. The van der Waals surface area contributed by atoms with Crippen molar-refractivity contribution >= 4 is 40.0 Å². The van der Waals surface area contributed by atoms with Crippen LogP contribution in [-0.4, -0.2) is 45.8 Å². The highest BCUT2D eigenvalue weighted by Crippen LogP contribution is 2.26. The molecule has 1 saturated heterocycles. The number of thioether (sulfide) groups is 1. The van der Waals surface area contributed by atoms with E-state index in [4.69, 9.17) is 0 Å². The molecular weight excluding hydrogens is 344 g/mol. The van der Waals surface area contributed by atoms with E-state index in [9.17, 15) is 9.59 Å². The van der Waals surface area contributed by atoms with Gasteiger partial charge in [0.1, 0.15) is 0 Å². The van der Waals surface area contributed by atoms with E-state index in [1.165, 1.54) is 23.1 Å². The number of hydrogen-bond donors (Lipinski definition) is 1. The van der Waals surface area contributed by atoms with Crippen LogP contribution in [0.25, 0.3) is 0 Å². The Morgan fingerprint density at radius 3 is 2.83 bits per heavy atom. The van der Waals surface area contributed by atoms with Crippen molar-refractivity contribution in [3.63, 3.8) is 0 Å². The van der Waals surface area contributed by atoms with Crippen LogP contribution in [0.4, 0.5) is 5.13 Å². The van der Waals surface area contributed by atoms with E-state index in [-0.39, 0.29) is 11.8 Å². The molecule has 1 N–H and O–H groups in total. The number of likely N-dealkylation sites (tertiary alicyclic amines) is 1. The monoisotopic (exact) mass is 362 g/mol. The number of benzene rings is 1. The van der Waals surface area contributed by atoms with Gasteiger partial charge in [-0.05, 0) is 31.9 Å².